The Labute approximate surface area is 184 Å². The van der Waals surface area contributed by atoms with Crippen LogP contribution in [0.2, 0.25) is 5.02 Å². The highest BCUT2D eigenvalue weighted by Gasteiger charge is 2.30. The number of halogens is 1. The van der Waals surface area contributed by atoms with E-state index in [-0.39, 0.29) is 5.91 Å². The number of carbonyl (C=O) groups is 1. The minimum Gasteiger partial charge on any atom is -0.368 e. The van der Waals surface area contributed by atoms with Crippen LogP contribution in [0.15, 0.2) is 65.4 Å². The third-order valence-electron chi connectivity index (χ3n) is 5.49. The Hall–Kier alpha value is -3.45. The van der Waals surface area contributed by atoms with Gasteiger partial charge in [0, 0.05) is 30.2 Å². The first-order chi connectivity index (χ1) is 15.2. The summed E-state index contributed by atoms with van der Waals surface area (Å²) in [7, 11) is 0. The molecule has 0 spiro atoms. The normalized spacial score (nSPS) is 16.0. The van der Waals surface area contributed by atoms with Gasteiger partial charge in [-0.1, -0.05) is 47.1 Å². The second kappa shape index (κ2) is 8.35. The number of nitrogens with zero attached hydrogens (tertiary/aromatic N) is 4. The Kier molecular flexibility index (Phi) is 5.26. The van der Waals surface area contributed by atoms with Crippen LogP contribution in [0.5, 0.6) is 0 Å². The average Bonchev–Trinajstić information content (AvgIpc) is 3.48. The summed E-state index contributed by atoms with van der Waals surface area (Å²) in [5, 5.41) is 7.85. The molecule has 156 valence electrons. The molecule has 3 heterocycles. The van der Waals surface area contributed by atoms with E-state index < -0.39 is 0 Å². The first-order valence-electron chi connectivity index (χ1n) is 10.1. The molecule has 2 aromatic heterocycles. The van der Waals surface area contributed by atoms with E-state index >= 15 is 0 Å². The summed E-state index contributed by atoms with van der Waals surface area (Å²) in [4.78, 5) is 23.9. The molecule has 7 nitrogen and oxygen atoms in total. The molecule has 5 rings (SSSR count). The lowest BCUT2D eigenvalue weighted by atomic mass is 10.1. The van der Waals surface area contributed by atoms with Crippen molar-refractivity contribution in [3.63, 3.8) is 0 Å². The molecule has 8 heteroatoms. The van der Waals surface area contributed by atoms with E-state index in [1.54, 1.807) is 18.3 Å². The highest BCUT2D eigenvalue weighted by molar-refractivity contribution is 6.31. The van der Waals surface area contributed by atoms with Crippen LogP contribution in [0.25, 0.3) is 22.4 Å². The molecule has 2 aromatic carbocycles. The molecule has 0 radical (unpaired) electrons. The van der Waals surface area contributed by atoms with Gasteiger partial charge in [0.1, 0.15) is 11.4 Å². The number of nitrogens with one attached hydrogen (secondary N) is 1. The average molecular weight is 434 g/mol. The molecular formula is C23H20ClN5O2. The maximum absolute atomic E-state index is 13.1. The van der Waals surface area contributed by atoms with Gasteiger partial charge in [-0.2, -0.15) is 0 Å². The maximum Gasteiger partial charge on any atom is 0.259 e. The fourth-order valence-corrected chi connectivity index (χ4v) is 4.03. The summed E-state index contributed by atoms with van der Waals surface area (Å²) in [5.41, 5.74) is 2.90. The van der Waals surface area contributed by atoms with E-state index in [0.29, 0.717) is 47.7 Å². The van der Waals surface area contributed by atoms with Gasteiger partial charge in [0.25, 0.3) is 5.91 Å². The van der Waals surface area contributed by atoms with Gasteiger partial charge >= 0.3 is 0 Å². The van der Waals surface area contributed by atoms with Gasteiger partial charge < -0.3 is 14.7 Å². The topological polar surface area (TPSA) is 84.2 Å². The number of aromatic nitrogens is 3. The van der Waals surface area contributed by atoms with E-state index in [0.717, 1.165) is 23.0 Å². The zero-order chi connectivity index (χ0) is 21.2. The predicted octanol–water partition coefficient (Wildman–Crippen LogP) is 4.51. The number of amides is 1. The number of likely N-dealkylation sites (tertiary alicyclic amines) is 1. The molecule has 1 atom stereocenters. The van der Waals surface area contributed by atoms with Crippen molar-refractivity contribution in [3.05, 3.63) is 71.5 Å². The summed E-state index contributed by atoms with van der Waals surface area (Å²) in [5.74, 6) is 1.50. The molecule has 31 heavy (non-hydrogen) atoms. The smallest absolute Gasteiger partial charge is 0.259 e. The van der Waals surface area contributed by atoms with Gasteiger partial charge in [0.15, 0.2) is 5.76 Å². The Balaban J connectivity index is 1.22. The number of fused-ring (bicyclic) bond motifs is 1. The highest BCUT2D eigenvalue weighted by Crippen LogP contribution is 2.27. The van der Waals surface area contributed by atoms with E-state index in [4.69, 9.17) is 16.1 Å². The minimum absolute atomic E-state index is 0.0509. The summed E-state index contributed by atoms with van der Waals surface area (Å²) in [6.45, 7) is 2.08. The van der Waals surface area contributed by atoms with E-state index in [1.165, 1.54) is 6.20 Å². The monoisotopic (exact) mass is 433 g/mol. The first kappa shape index (κ1) is 19.5. The second-order valence-corrected chi connectivity index (χ2v) is 8.05. The molecular weight excluding hydrogens is 414 g/mol. The fourth-order valence-electron chi connectivity index (χ4n) is 3.86. The third-order valence-corrected chi connectivity index (χ3v) is 5.72. The van der Waals surface area contributed by atoms with Gasteiger partial charge in [-0.3, -0.25) is 9.78 Å². The van der Waals surface area contributed by atoms with Crippen molar-refractivity contribution in [2.24, 2.45) is 5.92 Å². The lowest BCUT2D eigenvalue weighted by Crippen LogP contribution is -2.29. The zero-order valence-electron chi connectivity index (χ0n) is 16.7. The van der Waals surface area contributed by atoms with Gasteiger partial charge in [-0.05, 0) is 30.5 Å². The van der Waals surface area contributed by atoms with Crippen LogP contribution < -0.4 is 5.32 Å². The van der Waals surface area contributed by atoms with Crippen LogP contribution in [0.4, 0.5) is 5.82 Å². The standard InChI is InChI=1S/C23H20ClN5O2/c24-17-6-7-19-20(10-17)25-13-21(28-19)26-11-15-8-9-29(14-15)23(30)18-12-27-31-22(18)16-4-2-1-3-5-16/h1-7,10,12-13,15H,8-9,11,14H2,(H,26,28). The van der Waals surface area contributed by atoms with Gasteiger partial charge in [0.05, 0.1) is 23.4 Å². The molecule has 0 bridgehead atoms. The van der Waals surface area contributed by atoms with Gasteiger partial charge in [-0.25, -0.2) is 4.98 Å². The Morgan fingerprint density at radius 2 is 2.03 bits per heavy atom. The lowest BCUT2D eigenvalue weighted by Gasteiger charge is -2.16. The Morgan fingerprint density at radius 1 is 1.16 bits per heavy atom. The van der Waals surface area contributed by atoms with Crippen LogP contribution in [-0.2, 0) is 0 Å². The van der Waals surface area contributed by atoms with Crippen LogP contribution in [0.1, 0.15) is 16.8 Å². The van der Waals surface area contributed by atoms with Crippen molar-refractivity contribution in [3.8, 4) is 11.3 Å². The van der Waals surface area contributed by atoms with E-state index in [2.05, 4.69) is 20.4 Å². The molecule has 1 amide bonds. The van der Waals surface area contributed by atoms with Crippen molar-refractivity contribution in [1.82, 2.24) is 20.0 Å². The molecule has 1 unspecified atom stereocenters. The number of anilines is 1. The van der Waals surface area contributed by atoms with Crippen molar-refractivity contribution in [2.45, 2.75) is 6.42 Å². The third kappa shape index (κ3) is 4.09. The predicted molar refractivity (Wildman–Crippen MR) is 119 cm³/mol. The number of carbonyl (C=O) groups excluding carboxylic acids is 1. The van der Waals surface area contributed by atoms with E-state index in [1.807, 2.05) is 41.3 Å². The number of hydrogen-bond donors (Lipinski definition) is 1. The molecule has 1 aliphatic rings. The minimum atomic E-state index is -0.0509. The van der Waals surface area contributed by atoms with Crippen molar-refractivity contribution in [1.29, 1.82) is 0 Å². The molecule has 1 N–H and O–H groups in total. The fraction of sp³-hybridized carbons (Fsp3) is 0.217. The van der Waals surface area contributed by atoms with Crippen molar-refractivity contribution >= 4 is 34.4 Å². The highest BCUT2D eigenvalue weighted by atomic mass is 35.5. The van der Waals surface area contributed by atoms with Crippen molar-refractivity contribution < 1.29 is 9.32 Å². The maximum atomic E-state index is 13.1. The van der Waals surface area contributed by atoms with E-state index in [9.17, 15) is 4.79 Å². The van der Waals surface area contributed by atoms with Crippen LogP contribution in [0, 0.1) is 5.92 Å². The quantitative estimate of drug-likeness (QED) is 0.498. The summed E-state index contributed by atoms with van der Waals surface area (Å²) >= 11 is 6.00. The first-order valence-corrected chi connectivity index (χ1v) is 10.5. The van der Waals surface area contributed by atoms with Crippen LogP contribution >= 0.6 is 11.6 Å². The van der Waals surface area contributed by atoms with Crippen LogP contribution in [0.3, 0.4) is 0 Å². The second-order valence-electron chi connectivity index (χ2n) is 7.61. The largest absolute Gasteiger partial charge is 0.368 e. The SMILES string of the molecule is O=C(c1cnoc1-c1ccccc1)N1CCC(CNc2cnc3cc(Cl)ccc3n2)C1. The lowest BCUT2D eigenvalue weighted by molar-refractivity contribution is 0.0788. The molecule has 1 aliphatic heterocycles. The Bertz CT molecular complexity index is 1230. The summed E-state index contributed by atoms with van der Waals surface area (Å²) in [6, 6.07) is 15.0. The van der Waals surface area contributed by atoms with Crippen LogP contribution in [-0.4, -0.2) is 45.6 Å². The molecule has 0 aliphatic carbocycles. The summed E-state index contributed by atoms with van der Waals surface area (Å²) in [6.07, 6.45) is 4.13. The molecule has 4 aromatic rings. The van der Waals surface area contributed by atoms with Crippen molar-refractivity contribution in [2.75, 3.05) is 25.0 Å². The molecule has 1 fully saturated rings. The molecule has 0 saturated carbocycles. The number of benzene rings is 2. The summed E-state index contributed by atoms with van der Waals surface area (Å²) < 4.78 is 5.37. The van der Waals surface area contributed by atoms with Gasteiger partial charge in [-0.15, -0.1) is 0 Å². The molecule has 1 saturated heterocycles. The zero-order valence-corrected chi connectivity index (χ0v) is 17.4. The number of rotatable bonds is 5. The number of hydrogen-bond acceptors (Lipinski definition) is 6. The Morgan fingerprint density at radius 3 is 2.90 bits per heavy atom. The van der Waals surface area contributed by atoms with Gasteiger partial charge in [0.2, 0.25) is 0 Å².